The second kappa shape index (κ2) is 7.48. The third kappa shape index (κ3) is 5.48. The van der Waals surface area contributed by atoms with E-state index in [0.29, 0.717) is 13.0 Å². The molecule has 0 saturated heterocycles. The molecule has 0 unspecified atom stereocenters. The van der Waals surface area contributed by atoms with Crippen LogP contribution in [0, 0.1) is 0 Å². The van der Waals surface area contributed by atoms with E-state index in [-0.39, 0.29) is 24.3 Å². The Bertz CT molecular complexity index is 389. The second-order valence-corrected chi connectivity index (χ2v) is 4.14. The number of carbonyl (C=O) groups is 2. The fourth-order valence-electron chi connectivity index (χ4n) is 1.63. The van der Waals surface area contributed by atoms with Crippen LogP contribution in [0.15, 0.2) is 30.3 Å². The van der Waals surface area contributed by atoms with Gasteiger partial charge in [0.2, 0.25) is 5.91 Å². The van der Waals surface area contributed by atoms with Crippen LogP contribution in [0.4, 0.5) is 0 Å². The highest BCUT2D eigenvalue weighted by Gasteiger charge is 2.12. The van der Waals surface area contributed by atoms with E-state index in [0.717, 1.165) is 5.56 Å². The molecule has 0 heterocycles. The Morgan fingerprint density at radius 2 is 1.94 bits per heavy atom. The number of benzene rings is 1. The topological polar surface area (TPSA) is 55.4 Å². The highest BCUT2D eigenvalue weighted by atomic mass is 16.5. The summed E-state index contributed by atoms with van der Waals surface area (Å²) in [7, 11) is 0. The molecule has 0 aliphatic carbocycles. The number of hydrogen-bond acceptors (Lipinski definition) is 3. The van der Waals surface area contributed by atoms with Crippen molar-refractivity contribution in [3.8, 4) is 0 Å². The van der Waals surface area contributed by atoms with Gasteiger partial charge in [-0.05, 0) is 19.4 Å². The van der Waals surface area contributed by atoms with Gasteiger partial charge >= 0.3 is 5.97 Å². The van der Waals surface area contributed by atoms with Crippen molar-refractivity contribution >= 4 is 11.9 Å². The zero-order valence-corrected chi connectivity index (χ0v) is 10.8. The van der Waals surface area contributed by atoms with E-state index in [1.165, 1.54) is 0 Å². The lowest BCUT2D eigenvalue weighted by Crippen LogP contribution is -2.35. The summed E-state index contributed by atoms with van der Waals surface area (Å²) in [5, 5.41) is 2.78. The Balaban J connectivity index is 2.34. The number of nitrogens with one attached hydrogen (secondary N) is 1. The first-order valence-corrected chi connectivity index (χ1v) is 6.10. The molecule has 4 heteroatoms. The van der Waals surface area contributed by atoms with Gasteiger partial charge < -0.3 is 10.1 Å². The smallest absolute Gasteiger partial charge is 0.307 e. The van der Waals surface area contributed by atoms with Crippen LogP contribution in [-0.4, -0.2) is 24.5 Å². The van der Waals surface area contributed by atoms with E-state index in [1.807, 2.05) is 30.3 Å². The Hall–Kier alpha value is -1.84. The Morgan fingerprint density at radius 1 is 1.28 bits per heavy atom. The van der Waals surface area contributed by atoms with Gasteiger partial charge in [0, 0.05) is 6.04 Å². The van der Waals surface area contributed by atoms with Crippen molar-refractivity contribution in [1.29, 1.82) is 0 Å². The number of esters is 1. The van der Waals surface area contributed by atoms with Crippen LogP contribution in [0.3, 0.4) is 0 Å². The molecule has 1 aromatic rings. The maximum absolute atomic E-state index is 11.7. The zero-order chi connectivity index (χ0) is 13.4. The average molecular weight is 249 g/mol. The van der Waals surface area contributed by atoms with Crippen LogP contribution in [0.5, 0.6) is 0 Å². The predicted octanol–water partition coefficient (Wildman–Crippen LogP) is 1.69. The summed E-state index contributed by atoms with van der Waals surface area (Å²) in [5.74, 6) is -0.372. The van der Waals surface area contributed by atoms with Crippen molar-refractivity contribution in [3.05, 3.63) is 35.9 Å². The van der Waals surface area contributed by atoms with E-state index in [1.54, 1.807) is 13.8 Å². The van der Waals surface area contributed by atoms with Crippen molar-refractivity contribution in [2.45, 2.75) is 32.7 Å². The van der Waals surface area contributed by atoms with Crippen LogP contribution in [-0.2, 0) is 20.7 Å². The van der Waals surface area contributed by atoms with Gasteiger partial charge in [-0.25, -0.2) is 0 Å². The summed E-state index contributed by atoms with van der Waals surface area (Å²) in [5.41, 5.74) is 0.957. The van der Waals surface area contributed by atoms with Gasteiger partial charge in [-0.15, -0.1) is 0 Å². The summed E-state index contributed by atoms with van der Waals surface area (Å²) < 4.78 is 4.82. The first-order chi connectivity index (χ1) is 8.61. The SMILES string of the molecule is CCOC(=O)C[C@@H](C)NC(=O)Cc1ccccc1. The average Bonchev–Trinajstić information content (AvgIpc) is 2.29. The van der Waals surface area contributed by atoms with Crippen molar-refractivity contribution in [2.75, 3.05) is 6.61 Å². The highest BCUT2D eigenvalue weighted by molar-refractivity contribution is 5.79. The molecular formula is C14H19NO3. The maximum Gasteiger partial charge on any atom is 0.307 e. The molecule has 0 radical (unpaired) electrons. The number of carbonyl (C=O) groups excluding carboxylic acids is 2. The predicted molar refractivity (Wildman–Crippen MR) is 69.0 cm³/mol. The molecule has 4 nitrogen and oxygen atoms in total. The van der Waals surface area contributed by atoms with Crippen molar-refractivity contribution in [2.24, 2.45) is 0 Å². The van der Waals surface area contributed by atoms with Gasteiger partial charge in [0.05, 0.1) is 19.4 Å². The van der Waals surface area contributed by atoms with Crippen LogP contribution < -0.4 is 5.32 Å². The summed E-state index contributed by atoms with van der Waals surface area (Å²) in [6.07, 6.45) is 0.530. The molecule has 1 N–H and O–H groups in total. The third-order valence-electron chi connectivity index (χ3n) is 2.39. The number of rotatable bonds is 6. The van der Waals surface area contributed by atoms with Crippen molar-refractivity contribution in [3.63, 3.8) is 0 Å². The number of ether oxygens (including phenoxy) is 1. The van der Waals surface area contributed by atoms with Crippen molar-refractivity contribution < 1.29 is 14.3 Å². The lowest BCUT2D eigenvalue weighted by atomic mass is 10.1. The summed E-state index contributed by atoms with van der Waals surface area (Å²) in [6, 6.07) is 9.28. The molecule has 0 aromatic heterocycles. The monoisotopic (exact) mass is 249 g/mol. The molecule has 98 valence electrons. The normalized spacial score (nSPS) is 11.7. The summed E-state index contributed by atoms with van der Waals surface area (Å²) in [6.45, 7) is 3.92. The standard InChI is InChI=1S/C14H19NO3/c1-3-18-14(17)9-11(2)15-13(16)10-12-7-5-4-6-8-12/h4-8,11H,3,9-10H2,1-2H3,(H,15,16)/t11-/m1/s1. The lowest BCUT2D eigenvalue weighted by molar-refractivity contribution is -0.143. The Morgan fingerprint density at radius 3 is 2.56 bits per heavy atom. The Labute approximate surface area is 107 Å². The van der Waals surface area contributed by atoms with Crippen molar-refractivity contribution in [1.82, 2.24) is 5.32 Å². The summed E-state index contributed by atoms with van der Waals surface area (Å²) >= 11 is 0. The van der Waals surface area contributed by atoms with Crippen LogP contribution >= 0.6 is 0 Å². The van der Waals surface area contributed by atoms with Gasteiger partial charge in [0.1, 0.15) is 0 Å². The molecule has 1 atom stereocenters. The number of hydrogen-bond donors (Lipinski definition) is 1. The van der Waals surface area contributed by atoms with Crippen LogP contribution in [0.1, 0.15) is 25.8 Å². The molecule has 0 aliphatic rings. The second-order valence-electron chi connectivity index (χ2n) is 4.14. The van der Waals surface area contributed by atoms with E-state index < -0.39 is 0 Å². The third-order valence-corrected chi connectivity index (χ3v) is 2.39. The minimum Gasteiger partial charge on any atom is -0.466 e. The minimum absolute atomic E-state index is 0.0852. The molecule has 0 aliphatic heterocycles. The molecule has 0 bridgehead atoms. The molecule has 0 saturated carbocycles. The number of amides is 1. The molecule has 0 fully saturated rings. The highest BCUT2D eigenvalue weighted by Crippen LogP contribution is 2.00. The van der Waals surface area contributed by atoms with Gasteiger partial charge in [-0.3, -0.25) is 9.59 Å². The molecule has 18 heavy (non-hydrogen) atoms. The summed E-state index contributed by atoms with van der Waals surface area (Å²) in [4.78, 5) is 22.9. The van der Waals surface area contributed by atoms with E-state index in [2.05, 4.69) is 5.32 Å². The lowest BCUT2D eigenvalue weighted by Gasteiger charge is -2.13. The van der Waals surface area contributed by atoms with Crippen LogP contribution in [0.2, 0.25) is 0 Å². The first-order valence-electron chi connectivity index (χ1n) is 6.10. The molecule has 1 amide bonds. The van der Waals surface area contributed by atoms with Gasteiger partial charge in [-0.2, -0.15) is 0 Å². The minimum atomic E-state index is -0.287. The van der Waals surface area contributed by atoms with E-state index >= 15 is 0 Å². The first kappa shape index (κ1) is 14.2. The van der Waals surface area contributed by atoms with E-state index in [4.69, 9.17) is 4.74 Å². The molecule has 0 spiro atoms. The molecule has 1 rings (SSSR count). The Kier molecular flexibility index (Phi) is 5.91. The van der Waals surface area contributed by atoms with Gasteiger partial charge in [0.15, 0.2) is 0 Å². The molecular weight excluding hydrogens is 230 g/mol. The maximum atomic E-state index is 11.7. The largest absolute Gasteiger partial charge is 0.466 e. The fourth-order valence-corrected chi connectivity index (χ4v) is 1.63. The quantitative estimate of drug-likeness (QED) is 0.780. The van der Waals surface area contributed by atoms with Gasteiger partial charge in [0.25, 0.3) is 0 Å². The van der Waals surface area contributed by atoms with Gasteiger partial charge in [-0.1, -0.05) is 30.3 Å². The fraction of sp³-hybridized carbons (Fsp3) is 0.429. The zero-order valence-electron chi connectivity index (χ0n) is 10.8. The van der Waals surface area contributed by atoms with E-state index in [9.17, 15) is 9.59 Å². The molecule has 1 aromatic carbocycles. The van der Waals surface area contributed by atoms with Crippen LogP contribution in [0.25, 0.3) is 0 Å².